The fourth-order valence-corrected chi connectivity index (χ4v) is 4.00. The number of likely N-dealkylation sites (N-methyl/N-ethyl adjacent to an activating group) is 1. The molecule has 0 bridgehead atoms. The first-order chi connectivity index (χ1) is 13.6. The van der Waals surface area contributed by atoms with Crippen molar-refractivity contribution >= 4 is 23.0 Å². The number of nitrogens with zero attached hydrogens (tertiary/aromatic N) is 2. The van der Waals surface area contributed by atoms with Crippen LogP contribution in [0.25, 0.3) is 0 Å². The molecule has 6 heteroatoms. The Kier molecular flexibility index (Phi) is 7.25. The number of nitrogens with one attached hydrogen (secondary N) is 2. The number of piperazine rings is 1. The van der Waals surface area contributed by atoms with Crippen LogP contribution >= 0.6 is 12.2 Å². The van der Waals surface area contributed by atoms with E-state index in [1.807, 2.05) is 24.3 Å². The van der Waals surface area contributed by atoms with E-state index < -0.39 is 0 Å². The summed E-state index contributed by atoms with van der Waals surface area (Å²) in [7, 11) is 3.85. The Morgan fingerprint density at radius 2 is 1.64 bits per heavy atom. The number of hydrogen-bond donors (Lipinski definition) is 2. The Morgan fingerprint density at radius 1 is 1.00 bits per heavy atom. The van der Waals surface area contributed by atoms with Crippen LogP contribution in [0.15, 0.2) is 54.6 Å². The van der Waals surface area contributed by atoms with E-state index >= 15 is 0 Å². The van der Waals surface area contributed by atoms with Crippen LogP contribution in [-0.2, 0) is 0 Å². The fourth-order valence-electron chi connectivity index (χ4n) is 3.69. The van der Waals surface area contributed by atoms with Crippen LogP contribution in [0.3, 0.4) is 0 Å². The minimum Gasteiger partial charge on any atom is -0.497 e. The summed E-state index contributed by atoms with van der Waals surface area (Å²) in [5, 5.41) is 7.41. The minimum absolute atomic E-state index is 0.170. The molecule has 150 valence electrons. The third-order valence-electron chi connectivity index (χ3n) is 5.25. The zero-order valence-corrected chi connectivity index (χ0v) is 17.7. The molecule has 1 heterocycles. The lowest BCUT2D eigenvalue weighted by Crippen LogP contribution is -2.52. The van der Waals surface area contributed by atoms with Gasteiger partial charge in [0.25, 0.3) is 0 Å². The number of anilines is 1. The molecule has 0 aliphatic carbocycles. The maximum Gasteiger partial charge on any atom is 0.171 e. The molecule has 2 atom stereocenters. The van der Waals surface area contributed by atoms with Crippen LogP contribution in [0, 0.1) is 0 Å². The monoisotopic (exact) mass is 398 g/mol. The Morgan fingerprint density at radius 3 is 2.25 bits per heavy atom. The van der Waals surface area contributed by atoms with Crippen LogP contribution in [0.5, 0.6) is 5.75 Å². The molecule has 1 saturated heterocycles. The summed E-state index contributed by atoms with van der Waals surface area (Å²) in [6.07, 6.45) is 0. The van der Waals surface area contributed by atoms with Crippen molar-refractivity contribution in [2.24, 2.45) is 0 Å². The highest BCUT2D eigenvalue weighted by molar-refractivity contribution is 7.80. The standard InChI is InChI=1S/C22H30N4OS/c1-17(23-22(28)24-19-9-11-20(27-3)12-10-19)21(18-7-5-4-6-8-18)26-15-13-25(2)14-16-26/h4-12,17,21H,13-16H2,1-3H3,(H2,23,24,28)/t17-,21-/m1/s1. The summed E-state index contributed by atoms with van der Waals surface area (Å²) in [5.74, 6) is 0.831. The summed E-state index contributed by atoms with van der Waals surface area (Å²) in [4.78, 5) is 4.94. The molecular formula is C22H30N4OS. The van der Waals surface area contributed by atoms with Gasteiger partial charge in [-0.3, -0.25) is 4.90 Å². The summed E-state index contributed by atoms with van der Waals surface area (Å²) in [6.45, 7) is 6.49. The normalized spacial score (nSPS) is 17.5. The third kappa shape index (κ3) is 5.44. The van der Waals surface area contributed by atoms with Gasteiger partial charge in [-0.2, -0.15) is 0 Å². The van der Waals surface area contributed by atoms with Gasteiger partial charge in [-0.1, -0.05) is 30.3 Å². The van der Waals surface area contributed by atoms with Gasteiger partial charge in [0.1, 0.15) is 5.75 Å². The SMILES string of the molecule is COc1ccc(NC(=S)N[C@H](C)[C@H](c2ccccc2)N2CCN(C)CC2)cc1. The van der Waals surface area contributed by atoms with Crippen molar-refractivity contribution in [3.05, 3.63) is 60.2 Å². The van der Waals surface area contributed by atoms with E-state index in [-0.39, 0.29) is 12.1 Å². The molecule has 28 heavy (non-hydrogen) atoms. The average molecular weight is 399 g/mol. The van der Waals surface area contributed by atoms with Crippen molar-refractivity contribution < 1.29 is 4.74 Å². The van der Waals surface area contributed by atoms with E-state index in [4.69, 9.17) is 17.0 Å². The molecule has 0 unspecified atom stereocenters. The van der Waals surface area contributed by atoms with E-state index in [9.17, 15) is 0 Å². The van der Waals surface area contributed by atoms with Gasteiger partial charge < -0.3 is 20.3 Å². The van der Waals surface area contributed by atoms with E-state index in [1.54, 1.807) is 7.11 Å². The van der Waals surface area contributed by atoms with Crippen molar-refractivity contribution in [3.8, 4) is 5.75 Å². The lowest BCUT2D eigenvalue weighted by Gasteiger charge is -2.41. The average Bonchev–Trinajstić information content (AvgIpc) is 2.71. The molecule has 3 rings (SSSR count). The van der Waals surface area contributed by atoms with Crippen LogP contribution in [-0.4, -0.2) is 61.3 Å². The summed E-state index contributed by atoms with van der Waals surface area (Å²) in [6, 6.07) is 18.9. The van der Waals surface area contributed by atoms with E-state index in [1.165, 1.54) is 5.56 Å². The Labute approximate surface area is 173 Å². The first-order valence-corrected chi connectivity index (χ1v) is 10.2. The van der Waals surface area contributed by atoms with E-state index in [0.717, 1.165) is 37.6 Å². The van der Waals surface area contributed by atoms with Crippen LogP contribution in [0.2, 0.25) is 0 Å². The second-order valence-corrected chi connectivity index (χ2v) is 7.72. The molecule has 1 aliphatic rings. The highest BCUT2D eigenvalue weighted by Crippen LogP contribution is 2.26. The van der Waals surface area contributed by atoms with Crippen LogP contribution in [0.1, 0.15) is 18.5 Å². The molecule has 2 N–H and O–H groups in total. The number of methoxy groups -OCH3 is 1. The van der Waals surface area contributed by atoms with Gasteiger partial charge in [0.2, 0.25) is 0 Å². The first-order valence-electron chi connectivity index (χ1n) is 9.76. The van der Waals surface area contributed by atoms with E-state index in [2.05, 4.69) is 64.7 Å². The van der Waals surface area contributed by atoms with Gasteiger partial charge in [0, 0.05) is 37.9 Å². The Hall–Kier alpha value is -2.15. The molecule has 0 saturated carbocycles. The summed E-state index contributed by atoms with van der Waals surface area (Å²) in [5.41, 5.74) is 2.26. The zero-order chi connectivity index (χ0) is 19.9. The van der Waals surface area contributed by atoms with Gasteiger partial charge in [0.05, 0.1) is 13.2 Å². The fraction of sp³-hybridized carbons (Fsp3) is 0.409. The van der Waals surface area contributed by atoms with Gasteiger partial charge >= 0.3 is 0 Å². The Balaban J connectivity index is 1.67. The van der Waals surface area contributed by atoms with Crippen molar-refractivity contribution in [1.29, 1.82) is 0 Å². The predicted octanol–water partition coefficient (Wildman–Crippen LogP) is 3.36. The van der Waals surface area contributed by atoms with Crippen molar-refractivity contribution in [2.75, 3.05) is 45.7 Å². The highest BCUT2D eigenvalue weighted by atomic mass is 32.1. The summed E-state index contributed by atoms with van der Waals surface area (Å²) < 4.78 is 5.21. The predicted molar refractivity (Wildman–Crippen MR) is 120 cm³/mol. The third-order valence-corrected chi connectivity index (χ3v) is 5.47. The van der Waals surface area contributed by atoms with Crippen molar-refractivity contribution in [1.82, 2.24) is 15.1 Å². The summed E-state index contributed by atoms with van der Waals surface area (Å²) >= 11 is 5.58. The molecule has 2 aromatic rings. The molecule has 1 fully saturated rings. The maximum absolute atomic E-state index is 5.58. The van der Waals surface area contributed by atoms with Crippen molar-refractivity contribution in [3.63, 3.8) is 0 Å². The number of rotatable bonds is 6. The molecule has 0 amide bonds. The molecule has 0 spiro atoms. The smallest absolute Gasteiger partial charge is 0.171 e. The largest absolute Gasteiger partial charge is 0.497 e. The number of benzene rings is 2. The van der Waals surface area contributed by atoms with Gasteiger partial charge in [-0.25, -0.2) is 0 Å². The lowest BCUT2D eigenvalue weighted by atomic mass is 9.98. The number of hydrogen-bond acceptors (Lipinski definition) is 4. The molecule has 5 nitrogen and oxygen atoms in total. The topological polar surface area (TPSA) is 39.8 Å². The lowest BCUT2D eigenvalue weighted by molar-refractivity contribution is 0.0973. The maximum atomic E-state index is 5.58. The zero-order valence-electron chi connectivity index (χ0n) is 16.9. The quantitative estimate of drug-likeness (QED) is 0.727. The number of thiocarbonyl (C=S) groups is 1. The highest BCUT2D eigenvalue weighted by Gasteiger charge is 2.28. The second-order valence-electron chi connectivity index (χ2n) is 7.31. The molecular weight excluding hydrogens is 368 g/mol. The van der Waals surface area contributed by atoms with Crippen LogP contribution in [0.4, 0.5) is 5.69 Å². The van der Waals surface area contributed by atoms with Gasteiger partial charge in [-0.05, 0) is 56.0 Å². The molecule has 1 aliphatic heterocycles. The van der Waals surface area contributed by atoms with Gasteiger partial charge in [-0.15, -0.1) is 0 Å². The Bertz CT molecular complexity index is 745. The van der Waals surface area contributed by atoms with Gasteiger partial charge in [0.15, 0.2) is 5.11 Å². The first kappa shape index (κ1) is 20.6. The van der Waals surface area contributed by atoms with Crippen LogP contribution < -0.4 is 15.4 Å². The molecule has 0 radical (unpaired) electrons. The molecule has 2 aromatic carbocycles. The van der Waals surface area contributed by atoms with Crippen molar-refractivity contribution in [2.45, 2.75) is 19.0 Å². The van der Waals surface area contributed by atoms with E-state index in [0.29, 0.717) is 5.11 Å². The second kappa shape index (κ2) is 9.87. The minimum atomic E-state index is 0.170. The number of ether oxygens (including phenoxy) is 1. The molecule has 0 aromatic heterocycles.